The summed E-state index contributed by atoms with van der Waals surface area (Å²) in [5, 5.41) is 12.5. The maximum atomic E-state index is 10.5. The van der Waals surface area contributed by atoms with E-state index in [1.807, 2.05) is 66.7 Å². The number of fused-ring (bicyclic) bond motifs is 12. The molecule has 10 rings (SSSR count). The molecule has 1 spiro atoms. The fourth-order valence-corrected chi connectivity index (χ4v) is 8.25. The lowest BCUT2D eigenvalue weighted by Crippen LogP contribution is -2.26. The molecule has 0 N–H and O–H groups in total. The van der Waals surface area contributed by atoms with Gasteiger partial charge in [0.05, 0.1) is 17.0 Å². The van der Waals surface area contributed by atoms with Crippen LogP contribution >= 0.6 is 0 Å². The van der Waals surface area contributed by atoms with Gasteiger partial charge in [-0.05, 0) is 56.0 Å². The first-order valence-corrected chi connectivity index (χ1v) is 16.4. The van der Waals surface area contributed by atoms with E-state index < -0.39 is 5.41 Å². The molecule has 4 heteroatoms. The minimum Gasteiger partial charge on any atom is -0.208 e. The Hall–Kier alpha value is -6.70. The highest BCUT2D eigenvalue weighted by atomic mass is 15.0. The molecule has 8 aromatic rings. The molecule has 0 radical (unpaired) electrons. The highest BCUT2D eigenvalue weighted by Crippen LogP contribution is 2.65. The summed E-state index contributed by atoms with van der Waals surface area (Å²) >= 11 is 0. The fourth-order valence-electron chi connectivity index (χ4n) is 8.25. The first kappa shape index (κ1) is 27.4. The van der Waals surface area contributed by atoms with Crippen LogP contribution in [0.25, 0.3) is 67.2 Å². The van der Waals surface area contributed by atoms with Gasteiger partial charge in [-0.3, -0.25) is 0 Å². The Balaban J connectivity index is 1.32. The second-order valence-corrected chi connectivity index (χ2v) is 12.6. The van der Waals surface area contributed by atoms with Crippen molar-refractivity contribution in [3.05, 3.63) is 186 Å². The van der Waals surface area contributed by atoms with Gasteiger partial charge in [-0.25, -0.2) is 15.0 Å². The highest BCUT2D eigenvalue weighted by molar-refractivity contribution is 6.08. The van der Waals surface area contributed by atoms with Crippen molar-refractivity contribution >= 4 is 10.8 Å². The van der Waals surface area contributed by atoms with Crippen molar-refractivity contribution in [1.29, 1.82) is 5.26 Å². The molecule has 1 atom stereocenters. The molecule has 0 saturated carbocycles. The summed E-state index contributed by atoms with van der Waals surface area (Å²) in [6.07, 6.45) is 0. The zero-order valence-electron chi connectivity index (χ0n) is 26.3. The van der Waals surface area contributed by atoms with Crippen LogP contribution in [-0.2, 0) is 5.41 Å². The predicted octanol–water partition coefficient (Wildman–Crippen LogP) is 10.2. The van der Waals surface area contributed by atoms with E-state index in [9.17, 15) is 5.26 Å². The van der Waals surface area contributed by atoms with Crippen LogP contribution in [0.3, 0.4) is 0 Å². The lowest BCUT2D eigenvalue weighted by molar-refractivity contribution is 0.794. The number of aromatic nitrogens is 3. The van der Waals surface area contributed by atoms with Gasteiger partial charge in [-0.1, -0.05) is 152 Å². The largest absolute Gasteiger partial charge is 0.208 e. The fraction of sp³-hybridized carbons (Fsp3) is 0.0222. The van der Waals surface area contributed by atoms with Gasteiger partial charge >= 0.3 is 0 Å². The second kappa shape index (κ2) is 10.4. The van der Waals surface area contributed by atoms with Crippen LogP contribution in [-0.4, -0.2) is 15.0 Å². The van der Waals surface area contributed by atoms with Gasteiger partial charge in [0.25, 0.3) is 0 Å². The van der Waals surface area contributed by atoms with E-state index >= 15 is 0 Å². The Morgan fingerprint density at radius 1 is 0.408 bits per heavy atom. The first-order chi connectivity index (χ1) is 24.3. The molecule has 0 fully saturated rings. The lowest BCUT2D eigenvalue weighted by atomic mass is 9.70. The monoisotopic (exact) mass is 622 g/mol. The summed E-state index contributed by atoms with van der Waals surface area (Å²) in [5.74, 6) is 1.88. The standard InChI is InChI=1S/C45H26N4/c46-27-30-26-39-40(32-19-8-7-18-31(30)32)33-20-9-11-23-36(33)45(39)37-24-12-10-21-34(37)41-35(22-13-25-38(41)45)44-48-42(28-14-3-1-4-15-28)47-43(49-44)29-16-5-2-6-17-29/h1-26H. The third-order valence-corrected chi connectivity index (χ3v) is 10.2. The van der Waals surface area contributed by atoms with E-state index in [2.05, 4.69) is 97.1 Å². The summed E-state index contributed by atoms with van der Waals surface area (Å²) in [7, 11) is 0. The Morgan fingerprint density at radius 3 is 1.53 bits per heavy atom. The van der Waals surface area contributed by atoms with Crippen LogP contribution < -0.4 is 0 Å². The van der Waals surface area contributed by atoms with Crippen molar-refractivity contribution in [2.24, 2.45) is 0 Å². The molecule has 7 aromatic carbocycles. The van der Waals surface area contributed by atoms with Gasteiger partial charge in [-0.2, -0.15) is 5.26 Å². The van der Waals surface area contributed by atoms with Crippen molar-refractivity contribution in [3.63, 3.8) is 0 Å². The van der Waals surface area contributed by atoms with Crippen LogP contribution in [0.1, 0.15) is 27.8 Å². The van der Waals surface area contributed by atoms with Gasteiger partial charge < -0.3 is 0 Å². The molecule has 4 nitrogen and oxygen atoms in total. The maximum Gasteiger partial charge on any atom is 0.164 e. The first-order valence-electron chi connectivity index (χ1n) is 16.4. The molecule has 49 heavy (non-hydrogen) atoms. The van der Waals surface area contributed by atoms with Crippen LogP contribution in [0.15, 0.2) is 158 Å². The normalized spacial score (nSPS) is 15.0. The average Bonchev–Trinajstić information content (AvgIpc) is 3.65. The molecule has 0 bridgehead atoms. The SMILES string of the molecule is N#Cc1cc2c(c3ccccc13)-c1ccccc1C21c2ccccc2-c2c(-c3nc(-c4ccccc4)nc(-c4ccccc4)n3)cccc21. The van der Waals surface area contributed by atoms with Gasteiger partial charge in [0, 0.05) is 22.1 Å². The van der Waals surface area contributed by atoms with Crippen LogP contribution in [0.5, 0.6) is 0 Å². The summed E-state index contributed by atoms with van der Waals surface area (Å²) in [4.78, 5) is 15.3. The van der Waals surface area contributed by atoms with Gasteiger partial charge in [0.2, 0.25) is 0 Å². The summed E-state index contributed by atoms with van der Waals surface area (Å²) in [6.45, 7) is 0. The maximum absolute atomic E-state index is 10.5. The third-order valence-electron chi connectivity index (χ3n) is 10.2. The number of hydrogen-bond donors (Lipinski definition) is 0. The number of nitriles is 1. The van der Waals surface area contributed by atoms with Crippen LogP contribution in [0.2, 0.25) is 0 Å². The molecule has 2 aliphatic carbocycles. The molecule has 0 aliphatic heterocycles. The van der Waals surface area contributed by atoms with Gasteiger partial charge in [0.15, 0.2) is 17.5 Å². The van der Waals surface area contributed by atoms with E-state index in [1.165, 1.54) is 27.8 Å². The summed E-state index contributed by atoms with van der Waals surface area (Å²) in [5.41, 5.74) is 12.2. The van der Waals surface area contributed by atoms with E-state index in [-0.39, 0.29) is 0 Å². The summed E-state index contributed by atoms with van der Waals surface area (Å²) in [6, 6.07) is 57.1. The molecule has 0 amide bonds. The smallest absolute Gasteiger partial charge is 0.164 e. The lowest BCUT2D eigenvalue weighted by Gasteiger charge is -2.30. The predicted molar refractivity (Wildman–Crippen MR) is 195 cm³/mol. The molecule has 1 unspecified atom stereocenters. The van der Waals surface area contributed by atoms with Crippen molar-refractivity contribution < 1.29 is 0 Å². The number of benzene rings is 7. The molecule has 226 valence electrons. The number of hydrogen-bond acceptors (Lipinski definition) is 4. The van der Waals surface area contributed by atoms with Crippen molar-refractivity contribution in [2.75, 3.05) is 0 Å². The van der Waals surface area contributed by atoms with Crippen molar-refractivity contribution in [3.8, 4) is 62.5 Å². The van der Waals surface area contributed by atoms with E-state index in [0.717, 1.165) is 44.2 Å². The van der Waals surface area contributed by atoms with E-state index in [1.54, 1.807) is 0 Å². The summed E-state index contributed by atoms with van der Waals surface area (Å²) < 4.78 is 0. The molecule has 1 heterocycles. The van der Waals surface area contributed by atoms with E-state index in [0.29, 0.717) is 23.0 Å². The average molecular weight is 623 g/mol. The number of rotatable bonds is 3. The minimum absolute atomic E-state index is 0.624. The molecule has 2 aliphatic rings. The number of nitrogens with zero attached hydrogens (tertiary/aromatic N) is 4. The zero-order chi connectivity index (χ0) is 32.5. The second-order valence-electron chi connectivity index (χ2n) is 12.6. The molecule has 1 aromatic heterocycles. The Bertz CT molecular complexity index is 2620. The quantitative estimate of drug-likeness (QED) is 0.197. The third kappa shape index (κ3) is 3.76. The van der Waals surface area contributed by atoms with Crippen molar-refractivity contribution in [2.45, 2.75) is 5.41 Å². The molecule has 0 saturated heterocycles. The molecular formula is C45H26N4. The Morgan fingerprint density at radius 2 is 0.898 bits per heavy atom. The Kier molecular flexibility index (Phi) is 5.82. The Labute approximate surface area is 283 Å². The molecular weight excluding hydrogens is 597 g/mol. The van der Waals surface area contributed by atoms with E-state index in [4.69, 9.17) is 15.0 Å². The topological polar surface area (TPSA) is 62.5 Å². The van der Waals surface area contributed by atoms with Gasteiger partial charge in [-0.15, -0.1) is 0 Å². The zero-order valence-corrected chi connectivity index (χ0v) is 26.3. The van der Waals surface area contributed by atoms with Crippen molar-refractivity contribution in [1.82, 2.24) is 15.0 Å². The van der Waals surface area contributed by atoms with Gasteiger partial charge in [0.1, 0.15) is 0 Å². The minimum atomic E-state index is -0.624. The highest BCUT2D eigenvalue weighted by Gasteiger charge is 2.53. The van der Waals surface area contributed by atoms with Crippen LogP contribution in [0.4, 0.5) is 0 Å². The van der Waals surface area contributed by atoms with Crippen LogP contribution in [0, 0.1) is 11.3 Å².